The van der Waals surface area contributed by atoms with E-state index in [1.54, 1.807) is 4.90 Å². The molecule has 1 aromatic rings. The van der Waals surface area contributed by atoms with Gasteiger partial charge in [0.1, 0.15) is 0 Å². The molecular formula is C20H26N2O3. The number of hydrogen-bond acceptors (Lipinski definition) is 3. The van der Waals surface area contributed by atoms with Crippen LogP contribution < -0.4 is 4.90 Å². The average molecular weight is 342 g/mol. The van der Waals surface area contributed by atoms with Gasteiger partial charge < -0.3 is 14.5 Å². The Morgan fingerprint density at radius 3 is 2.64 bits per heavy atom. The molecule has 2 heterocycles. The van der Waals surface area contributed by atoms with Gasteiger partial charge in [-0.1, -0.05) is 17.7 Å². The van der Waals surface area contributed by atoms with Crippen LogP contribution in [0.25, 0.3) is 0 Å². The summed E-state index contributed by atoms with van der Waals surface area (Å²) in [6.45, 7) is 4.89. The molecule has 2 amide bonds. The largest absolute Gasteiger partial charge is 0.381 e. The van der Waals surface area contributed by atoms with Crippen LogP contribution in [-0.2, 0) is 14.3 Å². The molecule has 0 aromatic heterocycles. The summed E-state index contributed by atoms with van der Waals surface area (Å²) in [6, 6.07) is 8.34. The molecule has 2 aliphatic heterocycles. The van der Waals surface area contributed by atoms with Crippen LogP contribution in [0.1, 0.15) is 31.2 Å². The van der Waals surface area contributed by atoms with Crippen molar-refractivity contribution in [2.24, 2.45) is 11.8 Å². The van der Waals surface area contributed by atoms with Crippen molar-refractivity contribution in [3.05, 3.63) is 29.8 Å². The van der Waals surface area contributed by atoms with E-state index in [0.29, 0.717) is 24.9 Å². The molecular weight excluding hydrogens is 316 g/mol. The molecule has 0 N–H and O–H groups in total. The second-order valence-corrected chi connectivity index (χ2v) is 7.69. The Morgan fingerprint density at radius 2 is 2.00 bits per heavy atom. The summed E-state index contributed by atoms with van der Waals surface area (Å²) >= 11 is 0. The predicted octanol–water partition coefficient (Wildman–Crippen LogP) is 2.38. The quantitative estimate of drug-likeness (QED) is 0.825. The van der Waals surface area contributed by atoms with E-state index in [0.717, 1.165) is 44.7 Å². The first-order valence-electron chi connectivity index (χ1n) is 9.37. The van der Waals surface area contributed by atoms with E-state index in [9.17, 15) is 9.59 Å². The fraction of sp³-hybridized carbons (Fsp3) is 0.600. The van der Waals surface area contributed by atoms with Crippen LogP contribution in [0, 0.1) is 18.8 Å². The summed E-state index contributed by atoms with van der Waals surface area (Å²) in [6.07, 6.45) is 3.57. The number of carbonyl (C=O) groups excluding carboxylic acids is 2. The molecule has 2 unspecified atom stereocenters. The summed E-state index contributed by atoms with van der Waals surface area (Å²) in [5, 5.41) is 0. The standard InChI is InChI=1S/C20H26N2O3/c1-14-2-4-17(5-3-14)21-12-16(10-19(21)23)20(24)22(18-6-7-18)11-15-8-9-25-13-15/h2-5,15-16,18H,6-13H2,1H3. The second kappa shape index (κ2) is 6.79. The highest BCUT2D eigenvalue weighted by Gasteiger charge is 2.42. The smallest absolute Gasteiger partial charge is 0.228 e. The summed E-state index contributed by atoms with van der Waals surface area (Å²) in [5.41, 5.74) is 2.06. The van der Waals surface area contributed by atoms with Crippen LogP contribution in [0.4, 0.5) is 5.69 Å². The fourth-order valence-electron chi connectivity index (χ4n) is 3.89. The Balaban J connectivity index is 1.44. The zero-order chi connectivity index (χ0) is 17.4. The number of hydrogen-bond donors (Lipinski definition) is 0. The summed E-state index contributed by atoms with van der Waals surface area (Å²) < 4.78 is 5.46. The maximum Gasteiger partial charge on any atom is 0.228 e. The molecule has 1 aliphatic carbocycles. The molecule has 0 spiro atoms. The number of amides is 2. The van der Waals surface area contributed by atoms with Crippen LogP contribution in [0.2, 0.25) is 0 Å². The Hall–Kier alpha value is -1.88. The van der Waals surface area contributed by atoms with Gasteiger partial charge in [-0.25, -0.2) is 0 Å². The van der Waals surface area contributed by atoms with Crippen molar-refractivity contribution in [2.75, 3.05) is 31.2 Å². The van der Waals surface area contributed by atoms with Gasteiger partial charge in [0, 0.05) is 43.8 Å². The Morgan fingerprint density at radius 1 is 1.24 bits per heavy atom. The van der Waals surface area contributed by atoms with Gasteiger partial charge in [-0.3, -0.25) is 9.59 Å². The van der Waals surface area contributed by atoms with Gasteiger partial charge in [0.25, 0.3) is 0 Å². The SMILES string of the molecule is Cc1ccc(N2CC(C(=O)N(CC3CCOC3)C3CC3)CC2=O)cc1. The van der Waals surface area contributed by atoms with E-state index < -0.39 is 0 Å². The third kappa shape index (κ3) is 3.56. The zero-order valence-corrected chi connectivity index (χ0v) is 14.8. The lowest BCUT2D eigenvalue weighted by molar-refractivity contribution is -0.137. The fourth-order valence-corrected chi connectivity index (χ4v) is 3.89. The lowest BCUT2D eigenvalue weighted by Crippen LogP contribution is -2.42. The van der Waals surface area contributed by atoms with Crippen LogP contribution in [0.15, 0.2) is 24.3 Å². The van der Waals surface area contributed by atoms with E-state index in [1.165, 1.54) is 5.56 Å². The minimum absolute atomic E-state index is 0.0575. The summed E-state index contributed by atoms with van der Waals surface area (Å²) in [4.78, 5) is 29.4. The molecule has 1 saturated carbocycles. The summed E-state index contributed by atoms with van der Waals surface area (Å²) in [7, 11) is 0. The lowest BCUT2D eigenvalue weighted by Gasteiger charge is -2.27. The molecule has 0 radical (unpaired) electrons. The first kappa shape index (κ1) is 16.6. The highest BCUT2D eigenvalue weighted by molar-refractivity contribution is 6.00. The van der Waals surface area contributed by atoms with Gasteiger partial charge in [0.2, 0.25) is 11.8 Å². The van der Waals surface area contributed by atoms with Crippen LogP contribution >= 0.6 is 0 Å². The van der Waals surface area contributed by atoms with Crippen molar-refractivity contribution in [2.45, 2.75) is 38.6 Å². The van der Waals surface area contributed by atoms with Crippen LogP contribution in [0.5, 0.6) is 0 Å². The summed E-state index contributed by atoms with van der Waals surface area (Å²) in [5.74, 6) is 0.464. The third-order valence-electron chi connectivity index (χ3n) is 5.57. The molecule has 2 atom stereocenters. The van der Waals surface area contributed by atoms with E-state index in [4.69, 9.17) is 4.74 Å². The monoisotopic (exact) mass is 342 g/mol. The van der Waals surface area contributed by atoms with Crippen molar-refractivity contribution < 1.29 is 14.3 Å². The number of aryl methyl sites for hydroxylation is 1. The van der Waals surface area contributed by atoms with Gasteiger partial charge in [0.15, 0.2) is 0 Å². The number of benzene rings is 1. The molecule has 5 nitrogen and oxygen atoms in total. The Bertz CT molecular complexity index is 647. The first-order chi connectivity index (χ1) is 12.1. The molecule has 0 bridgehead atoms. The second-order valence-electron chi connectivity index (χ2n) is 7.69. The molecule has 25 heavy (non-hydrogen) atoms. The molecule has 1 aromatic carbocycles. The van der Waals surface area contributed by atoms with Crippen molar-refractivity contribution in [3.8, 4) is 0 Å². The molecule has 134 valence electrons. The normalized spacial score (nSPS) is 26.3. The molecule has 3 fully saturated rings. The van der Waals surface area contributed by atoms with E-state index >= 15 is 0 Å². The third-order valence-corrected chi connectivity index (χ3v) is 5.57. The maximum absolute atomic E-state index is 13.1. The van der Waals surface area contributed by atoms with Crippen molar-refractivity contribution in [1.82, 2.24) is 4.90 Å². The highest BCUT2D eigenvalue weighted by Crippen LogP contribution is 2.33. The minimum atomic E-state index is -0.211. The minimum Gasteiger partial charge on any atom is -0.381 e. The Kier molecular flexibility index (Phi) is 4.50. The van der Waals surface area contributed by atoms with Crippen molar-refractivity contribution in [1.29, 1.82) is 0 Å². The van der Waals surface area contributed by atoms with Crippen molar-refractivity contribution in [3.63, 3.8) is 0 Å². The number of anilines is 1. The van der Waals surface area contributed by atoms with Crippen LogP contribution in [-0.4, -0.2) is 49.1 Å². The Labute approximate surface area is 148 Å². The number of rotatable bonds is 5. The topological polar surface area (TPSA) is 49.9 Å². The zero-order valence-electron chi connectivity index (χ0n) is 14.8. The number of nitrogens with zero attached hydrogens (tertiary/aromatic N) is 2. The average Bonchev–Trinajstić information content (AvgIpc) is 3.17. The maximum atomic E-state index is 13.1. The van der Waals surface area contributed by atoms with Gasteiger partial charge in [0.05, 0.1) is 12.5 Å². The van der Waals surface area contributed by atoms with Gasteiger partial charge in [-0.15, -0.1) is 0 Å². The van der Waals surface area contributed by atoms with Gasteiger partial charge in [-0.2, -0.15) is 0 Å². The number of carbonyl (C=O) groups is 2. The highest BCUT2D eigenvalue weighted by atomic mass is 16.5. The molecule has 5 heteroatoms. The molecule has 3 aliphatic rings. The van der Waals surface area contributed by atoms with E-state index in [-0.39, 0.29) is 17.7 Å². The molecule has 4 rings (SSSR count). The van der Waals surface area contributed by atoms with Crippen LogP contribution in [0.3, 0.4) is 0 Å². The number of ether oxygens (including phenoxy) is 1. The van der Waals surface area contributed by atoms with E-state index in [2.05, 4.69) is 4.90 Å². The lowest BCUT2D eigenvalue weighted by atomic mass is 10.0. The van der Waals surface area contributed by atoms with Gasteiger partial charge in [-0.05, 0) is 38.3 Å². The van der Waals surface area contributed by atoms with E-state index in [1.807, 2.05) is 31.2 Å². The van der Waals surface area contributed by atoms with Crippen molar-refractivity contribution >= 4 is 17.5 Å². The van der Waals surface area contributed by atoms with Gasteiger partial charge >= 0.3 is 0 Å². The predicted molar refractivity (Wildman–Crippen MR) is 95.3 cm³/mol. The molecule has 2 saturated heterocycles. The first-order valence-corrected chi connectivity index (χ1v) is 9.37.